The predicted octanol–water partition coefficient (Wildman–Crippen LogP) is 1.25. The van der Waals surface area contributed by atoms with Crippen molar-refractivity contribution in [2.45, 2.75) is 25.6 Å². The van der Waals surface area contributed by atoms with Crippen molar-refractivity contribution in [1.82, 2.24) is 20.3 Å². The molecule has 0 aliphatic carbocycles. The number of halogens is 3. The maximum atomic E-state index is 11.8. The number of nitrogens with zero attached hydrogens (tertiary/aromatic N) is 3. The Morgan fingerprint density at radius 2 is 2.20 bits per heavy atom. The molecule has 0 fully saturated rings. The molecule has 1 N–H and O–H groups in total. The van der Waals surface area contributed by atoms with Crippen molar-refractivity contribution in [3.8, 4) is 0 Å². The summed E-state index contributed by atoms with van der Waals surface area (Å²) in [6.45, 7) is 0.825. The summed E-state index contributed by atoms with van der Waals surface area (Å²) in [6.07, 6.45) is -3.13. The molecule has 7 heteroatoms. The molecule has 1 aromatic rings. The average molecular weight is 222 g/mol. The molecule has 1 heterocycles. The molecule has 0 aliphatic heterocycles. The van der Waals surface area contributed by atoms with Gasteiger partial charge in [0.05, 0.1) is 11.9 Å². The van der Waals surface area contributed by atoms with Gasteiger partial charge in [0.25, 0.3) is 0 Å². The van der Waals surface area contributed by atoms with E-state index in [0.29, 0.717) is 13.1 Å². The summed E-state index contributed by atoms with van der Waals surface area (Å²) in [5, 5.41) is 10.3. The number of alkyl halides is 3. The Kier molecular flexibility index (Phi) is 4.07. The van der Waals surface area contributed by atoms with E-state index in [9.17, 15) is 13.2 Å². The molecule has 4 nitrogen and oxygen atoms in total. The highest BCUT2D eigenvalue weighted by molar-refractivity contribution is 4.91. The van der Waals surface area contributed by atoms with E-state index in [-0.39, 0.29) is 6.42 Å². The van der Waals surface area contributed by atoms with Crippen LogP contribution in [0.5, 0.6) is 0 Å². The number of hydrogen-bond acceptors (Lipinski definition) is 3. The Morgan fingerprint density at radius 3 is 2.73 bits per heavy atom. The molecule has 1 rings (SSSR count). The number of aryl methyl sites for hydroxylation is 1. The number of nitrogens with one attached hydrogen (secondary N) is 1. The van der Waals surface area contributed by atoms with Gasteiger partial charge in [-0.05, 0) is 13.0 Å². The summed E-state index contributed by atoms with van der Waals surface area (Å²) in [7, 11) is 1.74. The molecule has 86 valence electrons. The topological polar surface area (TPSA) is 42.7 Å². The molecule has 0 amide bonds. The number of rotatable bonds is 5. The minimum absolute atomic E-state index is 0.0920. The third-order valence-electron chi connectivity index (χ3n) is 1.93. The van der Waals surface area contributed by atoms with E-state index in [4.69, 9.17) is 0 Å². The van der Waals surface area contributed by atoms with E-state index >= 15 is 0 Å². The molecular weight excluding hydrogens is 209 g/mol. The summed E-state index contributed by atoms with van der Waals surface area (Å²) in [5.41, 5.74) is 0.849. The highest BCUT2D eigenvalue weighted by Gasteiger charge is 2.25. The zero-order chi connectivity index (χ0) is 11.3. The predicted molar refractivity (Wildman–Crippen MR) is 48.0 cm³/mol. The molecule has 0 saturated heterocycles. The first-order chi connectivity index (χ1) is 6.99. The van der Waals surface area contributed by atoms with Crippen LogP contribution in [0.1, 0.15) is 18.5 Å². The minimum Gasteiger partial charge on any atom is -0.311 e. The monoisotopic (exact) mass is 222 g/mol. The minimum atomic E-state index is -4.06. The van der Waals surface area contributed by atoms with Crippen LogP contribution in [0.2, 0.25) is 0 Å². The summed E-state index contributed by atoms with van der Waals surface area (Å²) in [6, 6.07) is 0. The van der Waals surface area contributed by atoms with Crippen molar-refractivity contribution < 1.29 is 13.2 Å². The smallest absolute Gasteiger partial charge is 0.311 e. The van der Waals surface area contributed by atoms with E-state index in [1.807, 2.05) is 0 Å². The lowest BCUT2D eigenvalue weighted by atomic mass is 10.3. The normalized spacial score (nSPS) is 12.0. The van der Waals surface area contributed by atoms with Crippen LogP contribution in [-0.2, 0) is 13.6 Å². The first kappa shape index (κ1) is 12.0. The lowest BCUT2D eigenvalue weighted by Crippen LogP contribution is -2.19. The van der Waals surface area contributed by atoms with Crippen LogP contribution in [0.15, 0.2) is 6.20 Å². The highest BCUT2D eigenvalue weighted by Crippen LogP contribution is 2.20. The van der Waals surface area contributed by atoms with E-state index in [1.54, 1.807) is 17.9 Å². The van der Waals surface area contributed by atoms with Gasteiger partial charge in [0, 0.05) is 20.0 Å². The van der Waals surface area contributed by atoms with E-state index in [2.05, 4.69) is 15.6 Å². The van der Waals surface area contributed by atoms with Crippen LogP contribution in [0.3, 0.4) is 0 Å². The first-order valence-electron chi connectivity index (χ1n) is 4.60. The summed E-state index contributed by atoms with van der Waals surface area (Å²) >= 11 is 0. The zero-order valence-electron chi connectivity index (χ0n) is 8.38. The van der Waals surface area contributed by atoms with Crippen LogP contribution in [0.4, 0.5) is 13.2 Å². The van der Waals surface area contributed by atoms with Gasteiger partial charge >= 0.3 is 6.18 Å². The fourth-order valence-corrected chi connectivity index (χ4v) is 1.10. The van der Waals surface area contributed by atoms with Crippen molar-refractivity contribution in [2.24, 2.45) is 7.05 Å². The molecule has 0 atom stereocenters. The van der Waals surface area contributed by atoms with Crippen molar-refractivity contribution in [3.63, 3.8) is 0 Å². The van der Waals surface area contributed by atoms with E-state index in [0.717, 1.165) is 5.69 Å². The lowest BCUT2D eigenvalue weighted by Gasteiger charge is -2.06. The summed E-state index contributed by atoms with van der Waals surface area (Å²) in [5.74, 6) is 0. The second kappa shape index (κ2) is 5.11. The fourth-order valence-electron chi connectivity index (χ4n) is 1.10. The Balaban J connectivity index is 2.10. The largest absolute Gasteiger partial charge is 0.389 e. The lowest BCUT2D eigenvalue weighted by molar-refractivity contribution is -0.135. The van der Waals surface area contributed by atoms with Crippen molar-refractivity contribution in [3.05, 3.63) is 11.9 Å². The molecule has 15 heavy (non-hydrogen) atoms. The van der Waals surface area contributed by atoms with Crippen molar-refractivity contribution >= 4 is 0 Å². The summed E-state index contributed by atoms with van der Waals surface area (Å²) in [4.78, 5) is 0. The quantitative estimate of drug-likeness (QED) is 0.762. The Labute approximate surface area is 85.5 Å². The van der Waals surface area contributed by atoms with Gasteiger partial charge in [-0.3, -0.25) is 4.68 Å². The number of aromatic nitrogens is 3. The molecule has 0 unspecified atom stereocenters. The Morgan fingerprint density at radius 1 is 1.47 bits per heavy atom. The van der Waals surface area contributed by atoms with Gasteiger partial charge in [-0.2, -0.15) is 13.2 Å². The molecule has 0 aromatic carbocycles. The second-order valence-electron chi connectivity index (χ2n) is 3.24. The standard InChI is InChI=1S/C8H13F3N4/c1-15-7(6-13-14-15)5-12-4-2-3-8(9,10)11/h6,12H,2-5H2,1H3. The van der Waals surface area contributed by atoms with Gasteiger partial charge in [-0.1, -0.05) is 5.21 Å². The van der Waals surface area contributed by atoms with Crippen LogP contribution in [0, 0.1) is 0 Å². The average Bonchev–Trinajstić information content (AvgIpc) is 2.49. The van der Waals surface area contributed by atoms with Crippen LogP contribution in [0.25, 0.3) is 0 Å². The Bertz CT molecular complexity index is 294. The van der Waals surface area contributed by atoms with E-state index < -0.39 is 12.6 Å². The van der Waals surface area contributed by atoms with Gasteiger partial charge in [0.2, 0.25) is 0 Å². The molecule has 0 saturated carbocycles. The molecular formula is C8H13F3N4. The number of hydrogen-bond donors (Lipinski definition) is 1. The van der Waals surface area contributed by atoms with Crippen LogP contribution < -0.4 is 5.32 Å². The van der Waals surface area contributed by atoms with Gasteiger partial charge < -0.3 is 5.32 Å². The Hall–Kier alpha value is -1.11. The third kappa shape index (κ3) is 4.78. The zero-order valence-corrected chi connectivity index (χ0v) is 8.38. The molecule has 1 aromatic heterocycles. The second-order valence-corrected chi connectivity index (χ2v) is 3.24. The van der Waals surface area contributed by atoms with Crippen molar-refractivity contribution in [1.29, 1.82) is 0 Å². The maximum Gasteiger partial charge on any atom is 0.389 e. The molecule has 0 radical (unpaired) electrons. The van der Waals surface area contributed by atoms with Crippen LogP contribution >= 0.6 is 0 Å². The molecule has 0 spiro atoms. The maximum absolute atomic E-state index is 11.8. The first-order valence-corrected chi connectivity index (χ1v) is 4.60. The summed E-state index contributed by atoms with van der Waals surface area (Å²) < 4.78 is 36.9. The fraction of sp³-hybridized carbons (Fsp3) is 0.750. The SMILES string of the molecule is Cn1nncc1CNCCCC(F)(F)F. The van der Waals surface area contributed by atoms with Gasteiger partial charge in [0.15, 0.2) is 0 Å². The van der Waals surface area contributed by atoms with Gasteiger partial charge in [-0.25, -0.2) is 0 Å². The van der Waals surface area contributed by atoms with Gasteiger partial charge in [-0.15, -0.1) is 5.10 Å². The third-order valence-corrected chi connectivity index (χ3v) is 1.93. The van der Waals surface area contributed by atoms with Gasteiger partial charge in [0.1, 0.15) is 0 Å². The van der Waals surface area contributed by atoms with E-state index in [1.165, 1.54) is 0 Å². The molecule has 0 bridgehead atoms. The van der Waals surface area contributed by atoms with Crippen molar-refractivity contribution in [2.75, 3.05) is 6.54 Å². The van der Waals surface area contributed by atoms with Crippen LogP contribution in [-0.4, -0.2) is 27.7 Å². The molecule has 0 aliphatic rings. The highest BCUT2D eigenvalue weighted by atomic mass is 19.4.